The average Bonchev–Trinajstić information content (AvgIpc) is 3.10. The van der Waals surface area contributed by atoms with Crippen LogP contribution in [0.1, 0.15) is 12.8 Å². The van der Waals surface area contributed by atoms with E-state index in [9.17, 15) is 4.79 Å². The highest BCUT2D eigenvalue weighted by Crippen LogP contribution is 2.23. The van der Waals surface area contributed by atoms with Gasteiger partial charge < -0.3 is 20.6 Å². The molecule has 0 aromatic rings. The van der Waals surface area contributed by atoms with Gasteiger partial charge in [-0.1, -0.05) is 0 Å². The molecule has 0 spiro atoms. The van der Waals surface area contributed by atoms with Gasteiger partial charge in [0, 0.05) is 12.2 Å². The van der Waals surface area contributed by atoms with Crippen LogP contribution in [0.5, 0.6) is 0 Å². The Morgan fingerprint density at radius 2 is 2.29 bits per heavy atom. The van der Waals surface area contributed by atoms with E-state index in [2.05, 4.69) is 5.32 Å². The summed E-state index contributed by atoms with van der Waals surface area (Å²) in [6.07, 6.45) is 6.76. The molecular formula is C12H14N2O3. The smallest absolute Gasteiger partial charge is 0.335 e. The number of hydrogen-bond acceptors (Lipinski definition) is 4. The van der Waals surface area contributed by atoms with Gasteiger partial charge in [-0.25, -0.2) is 4.79 Å². The first-order valence-corrected chi connectivity index (χ1v) is 5.38. The van der Waals surface area contributed by atoms with Gasteiger partial charge in [0.05, 0.1) is 24.0 Å². The first-order valence-electron chi connectivity index (χ1n) is 5.38. The van der Waals surface area contributed by atoms with Crippen LogP contribution in [-0.4, -0.2) is 29.9 Å². The Labute approximate surface area is 99.0 Å². The standard InChI is InChI=1S/C12H14N2O3/c1-17-11-5-7(12(15)16)4-10(13)9(11)6-14-8-2-3-8/h4-6,8,13-14H,2-3H2,1H3,(H,15,16)/b9-6+,13-10?. The molecule has 5 heteroatoms. The van der Waals surface area contributed by atoms with Crippen molar-refractivity contribution >= 4 is 11.7 Å². The molecule has 2 rings (SSSR count). The van der Waals surface area contributed by atoms with Crippen molar-refractivity contribution in [1.29, 1.82) is 5.41 Å². The van der Waals surface area contributed by atoms with E-state index in [0.717, 1.165) is 12.8 Å². The molecule has 0 radical (unpaired) electrons. The van der Waals surface area contributed by atoms with Crippen molar-refractivity contribution in [3.8, 4) is 0 Å². The Balaban J connectivity index is 2.23. The first kappa shape index (κ1) is 11.4. The number of methoxy groups -OCH3 is 1. The van der Waals surface area contributed by atoms with E-state index >= 15 is 0 Å². The van der Waals surface area contributed by atoms with Gasteiger partial charge in [0.25, 0.3) is 0 Å². The van der Waals surface area contributed by atoms with Gasteiger partial charge in [-0.05, 0) is 25.0 Å². The Hall–Kier alpha value is -2.04. The van der Waals surface area contributed by atoms with E-state index in [1.54, 1.807) is 6.20 Å². The number of hydrogen-bond donors (Lipinski definition) is 3. The molecule has 0 amide bonds. The molecule has 2 aliphatic carbocycles. The molecule has 90 valence electrons. The van der Waals surface area contributed by atoms with Crippen LogP contribution in [0.15, 0.2) is 35.3 Å². The van der Waals surface area contributed by atoms with E-state index in [1.807, 2.05) is 0 Å². The number of ether oxygens (including phenoxy) is 1. The highest BCUT2D eigenvalue weighted by Gasteiger charge is 2.23. The Kier molecular flexibility index (Phi) is 2.99. The maximum absolute atomic E-state index is 10.8. The van der Waals surface area contributed by atoms with Crippen LogP contribution in [0.2, 0.25) is 0 Å². The topological polar surface area (TPSA) is 82.4 Å². The predicted molar refractivity (Wildman–Crippen MR) is 62.8 cm³/mol. The maximum atomic E-state index is 10.8. The molecule has 5 nitrogen and oxygen atoms in total. The lowest BCUT2D eigenvalue weighted by Crippen LogP contribution is -2.17. The molecule has 0 aromatic carbocycles. The third kappa shape index (κ3) is 2.55. The molecule has 2 aliphatic rings. The van der Waals surface area contributed by atoms with E-state index in [0.29, 0.717) is 17.4 Å². The van der Waals surface area contributed by atoms with E-state index in [1.165, 1.54) is 19.3 Å². The Morgan fingerprint density at radius 1 is 1.59 bits per heavy atom. The highest BCUT2D eigenvalue weighted by molar-refractivity contribution is 6.14. The monoisotopic (exact) mass is 234 g/mol. The summed E-state index contributed by atoms with van der Waals surface area (Å²) in [7, 11) is 1.47. The Bertz CT molecular complexity index is 456. The summed E-state index contributed by atoms with van der Waals surface area (Å²) in [5, 5.41) is 19.8. The van der Waals surface area contributed by atoms with Crippen molar-refractivity contribution < 1.29 is 14.6 Å². The van der Waals surface area contributed by atoms with E-state index in [4.69, 9.17) is 15.3 Å². The summed E-state index contributed by atoms with van der Waals surface area (Å²) >= 11 is 0. The zero-order valence-corrected chi connectivity index (χ0v) is 9.49. The highest BCUT2D eigenvalue weighted by atomic mass is 16.5. The number of nitrogens with one attached hydrogen (secondary N) is 2. The van der Waals surface area contributed by atoms with Gasteiger partial charge in [0.1, 0.15) is 5.76 Å². The van der Waals surface area contributed by atoms with Crippen LogP contribution in [0.25, 0.3) is 0 Å². The molecule has 0 unspecified atom stereocenters. The summed E-state index contributed by atoms with van der Waals surface area (Å²) in [6.45, 7) is 0. The molecule has 0 heterocycles. The third-order valence-corrected chi connectivity index (χ3v) is 2.65. The van der Waals surface area contributed by atoms with E-state index in [-0.39, 0.29) is 11.3 Å². The summed E-state index contributed by atoms with van der Waals surface area (Å²) in [5.41, 5.74) is 0.801. The molecule has 0 atom stereocenters. The van der Waals surface area contributed by atoms with Crippen LogP contribution >= 0.6 is 0 Å². The lowest BCUT2D eigenvalue weighted by atomic mass is 9.99. The maximum Gasteiger partial charge on any atom is 0.335 e. The van der Waals surface area contributed by atoms with Gasteiger partial charge in [0.15, 0.2) is 0 Å². The second-order valence-corrected chi connectivity index (χ2v) is 4.03. The van der Waals surface area contributed by atoms with Crippen LogP contribution in [0.3, 0.4) is 0 Å². The van der Waals surface area contributed by atoms with Gasteiger partial charge in [-0.15, -0.1) is 0 Å². The van der Waals surface area contributed by atoms with Crippen LogP contribution in [0, 0.1) is 5.41 Å². The SMILES string of the molecule is COC1=CC(C(=O)O)=CC(=N)/C1=C\NC1CC1. The molecule has 1 fully saturated rings. The van der Waals surface area contributed by atoms with Crippen molar-refractivity contribution in [3.05, 3.63) is 35.3 Å². The zero-order chi connectivity index (χ0) is 12.4. The lowest BCUT2D eigenvalue weighted by molar-refractivity contribution is -0.132. The van der Waals surface area contributed by atoms with Crippen molar-refractivity contribution in [3.63, 3.8) is 0 Å². The number of rotatable bonds is 4. The Morgan fingerprint density at radius 3 is 2.82 bits per heavy atom. The minimum absolute atomic E-state index is 0.0652. The molecule has 1 saturated carbocycles. The molecule has 0 aliphatic heterocycles. The van der Waals surface area contributed by atoms with Crippen LogP contribution < -0.4 is 5.32 Å². The fourth-order valence-corrected chi connectivity index (χ4v) is 1.52. The molecule has 17 heavy (non-hydrogen) atoms. The second kappa shape index (κ2) is 4.45. The van der Waals surface area contributed by atoms with E-state index < -0.39 is 5.97 Å². The van der Waals surface area contributed by atoms with Crippen molar-refractivity contribution in [2.75, 3.05) is 7.11 Å². The average molecular weight is 234 g/mol. The minimum atomic E-state index is -1.06. The first-order chi connectivity index (χ1) is 8.11. The van der Waals surface area contributed by atoms with Crippen molar-refractivity contribution in [1.82, 2.24) is 5.32 Å². The number of carbonyl (C=O) groups is 1. The van der Waals surface area contributed by atoms with Gasteiger partial charge in [0.2, 0.25) is 0 Å². The number of allylic oxidation sites excluding steroid dienone is 2. The minimum Gasteiger partial charge on any atom is -0.496 e. The fraction of sp³-hybridized carbons (Fsp3) is 0.333. The molecule has 0 bridgehead atoms. The lowest BCUT2D eigenvalue weighted by Gasteiger charge is -2.15. The number of aliphatic carboxylic acids is 1. The molecular weight excluding hydrogens is 220 g/mol. The number of carboxylic acids is 1. The fourth-order valence-electron chi connectivity index (χ4n) is 1.52. The summed E-state index contributed by atoms with van der Waals surface area (Å²) in [6, 6.07) is 0.484. The van der Waals surface area contributed by atoms with Gasteiger partial charge in [-0.2, -0.15) is 0 Å². The van der Waals surface area contributed by atoms with Crippen LogP contribution in [0.4, 0.5) is 0 Å². The third-order valence-electron chi connectivity index (χ3n) is 2.65. The molecule has 3 N–H and O–H groups in total. The summed E-state index contributed by atoms with van der Waals surface area (Å²) < 4.78 is 5.12. The van der Waals surface area contributed by atoms with Crippen molar-refractivity contribution in [2.45, 2.75) is 18.9 Å². The zero-order valence-electron chi connectivity index (χ0n) is 9.49. The number of carboxylic acid groups (broad SMARTS) is 1. The quantitative estimate of drug-likeness (QED) is 0.682. The largest absolute Gasteiger partial charge is 0.496 e. The normalized spacial score (nSPS) is 21.9. The summed E-state index contributed by atoms with van der Waals surface area (Å²) in [4.78, 5) is 10.8. The summed E-state index contributed by atoms with van der Waals surface area (Å²) in [5.74, 6) is -0.651. The van der Waals surface area contributed by atoms with Crippen LogP contribution in [-0.2, 0) is 9.53 Å². The van der Waals surface area contributed by atoms with Gasteiger partial charge in [-0.3, -0.25) is 0 Å². The van der Waals surface area contributed by atoms with Gasteiger partial charge >= 0.3 is 5.97 Å². The molecule has 0 saturated heterocycles. The second-order valence-electron chi connectivity index (χ2n) is 4.03. The predicted octanol–water partition coefficient (Wildman–Crippen LogP) is 1.20. The molecule has 0 aromatic heterocycles. The van der Waals surface area contributed by atoms with Crippen molar-refractivity contribution in [2.24, 2.45) is 0 Å².